The second-order valence-electron chi connectivity index (χ2n) is 3.51. The van der Waals surface area contributed by atoms with E-state index in [0.29, 0.717) is 0 Å². The first-order chi connectivity index (χ1) is 8.22. The molecule has 2 aromatic rings. The van der Waals surface area contributed by atoms with E-state index in [2.05, 4.69) is 15.9 Å². The van der Waals surface area contributed by atoms with Gasteiger partial charge in [0.15, 0.2) is 5.78 Å². The molecule has 0 radical (unpaired) electrons. The summed E-state index contributed by atoms with van der Waals surface area (Å²) in [7, 11) is 0. The number of rotatable bonds is 4. The second kappa shape index (κ2) is 5.85. The number of Topliss-reactive ketones (excluding diaryl/α,β-unsaturated/α-hetero) is 1. The van der Waals surface area contributed by atoms with E-state index in [1.54, 1.807) is 23.1 Å². The highest BCUT2D eigenvalue weighted by Gasteiger charge is 2.18. The van der Waals surface area contributed by atoms with Gasteiger partial charge in [0, 0.05) is 15.8 Å². The zero-order valence-electron chi connectivity index (χ0n) is 9.22. The lowest BCUT2D eigenvalue weighted by molar-refractivity contribution is 0.0992. The van der Waals surface area contributed by atoms with Gasteiger partial charge in [0.25, 0.3) is 0 Å². The van der Waals surface area contributed by atoms with Crippen molar-refractivity contribution in [3.63, 3.8) is 0 Å². The Bertz CT molecular complexity index is 491. The van der Waals surface area contributed by atoms with E-state index >= 15 is 0 Å². The van der Waals surface area contributed by atoms with Crippen LogP contribution in [-0.2, 0) is 0 Å². The Labute approximate surface area is 117 Å². The first kappa shape index (κ1) is 12.9. The predicted octanol–water partition coefficient (Wildman–Crippen LogP) is 4.79. The zero-order valence-corrected chi connectivity index (χ0v) is 12.4. The van der Waals surface area contributed by atoms with Crippen molar-refractivity contribution < 1.29 is 4.79 Å². The van der Waals surface area contributed by atoms with Gasteiger partial charge >= 0.3 is 0 Å². The number of benzene rings is 1. The zero-order chi connectivity index (χ0) is 12.3. The summed E-state index contributed by atoms with van der Waals surface area (Å²) in [6.07, 6.45) is 2.04. The topological polar surface area (TPSA) is 17.1 Å². The highest BCUT2D eigenvalue weighted by atomic mass is 79.9. The molecule has 0 aliphatic rings. The summed E-state index contributed by atoms with van der Waals surface area (Å²) in [6.45, 7) is 0. The standard InChI is InChI=1S/C13H11BrOS2/c1-16-11-4-2-9(3-5-11)12(14)13(15)10-6-7-17-8-10/h2-8,12H,1H3. The number of ketones is 1. The number of hydrogen-bond donors (Lipinski definition) is 0. The molecule has 0 aliphatic heterocycles. The van der Waals surface area contributed by atoms with Gasteiger partial charge in [-0.05, 0) is 35.4 Å². The van der Waals surface area contributed by atoms with Gasteiger partial charge in [-0.15, -0.1) is 11.8 Å². The van der Waals surface area contributed by atoms with Crippen LogP contribution >= 0.6 is 39.0 Å². The third-order valence-corrected chi connectivity index (χ3v) is 4.82. The van der Waals surface area contributed by atoms with Crippen LogP contribution in [0.5, 0.6) is 0 Å². The van der Waals surface area contributed by atoms with E-state index in [1.807, 2.05) is 47.3 Å². The number of thioether (sulfide) groups is 1. The SMILES string of the molecule is CSc1ccc(C(Br)C(=O)c2ccsc2)cc1. The third kappa shape index (κ3) is 3.00. The molecule has 1 heterocycles. The Morgan fingerprint density at radius 3 is 2.53 bits per heavy atom. The highest BCUT2D eigenvalue weighted by Crippen LogP contribution is 2.29. The lowest BCUT2D eigenvalue weighted by atomic mass is 10.1. The summed E-state index contributed by atoms with van der Waals surface area (Å²) in [5.74, 6) is 0.114. The summed E-state index contributed by atoms with van der Waals surface area (Å²) < 4.78 is 0. The minimum absolute atomic E-state index is 0.114. The molecule has 1 unspecified atom stereocenters. The van der Waals surface area contributed by atoms with Gasteiger partial charge < -0.3 is 0 Å². The molecule has 0 N–H and O–H groups in total. The number of carbonyl (C=O) groups is 1. The van der Waals surface area contributed by atoms with Crippen LogP contribution in [0.2, 0.25) is 0 Å². The minimum Gasteiger partial charge on any atom is -0.292 e. The first-order valence-electron chi connectivity index (χ1n) is 5.07. The van der Waals surface area contributed by atoms with Crippen molar-refractivity contribution in [2.45, 2.75) is 9.72 Å². The fourth-order valence-electron chi connectivity index (χ4n) is 1.48. The lowest BCUT2D eigenvalue weighted by Gasteiger charge is -2.08. The molecule has 0 saturated heterocycles. The monoisotopic (exact) mass is 326 g/mol. The molecule has 88 valence electrons. The fraction of sp³-hybridized carbons (Fsp3) is 0.154. The molecule has 0 aliphatic carbocycles. The molecule has 0 spiro atoms. The van der Waals surface area contributed by atoms with Gasteiger partial charge in [-0.2, -0.15) is 11.3 Å². The highest BCUT2D eigenvalue weighted by molar-refractivity contribution is 9.09. The number of halogens is 1. The van der Waals surface area contributed by atoms with Gasteiger partial charge in [-0.25, -0.2) is 0 Å². The minimum atomic E-state index is -0.256. The van der Waals surface area contributed by atoms with Crippen molar-refractivity contribution in [2.75, 3.05) is 6.26 Å². The number of alkyl halides is 1. The van der Waals surface area contributed by atoms with Crippen molar-refractivity contribution in [1.29, 1.82) is 0 Å². The maximum atomic E-state index is 12.1. The van der Waals surface area contributed by atoms with Gasteiger partial charge in [-0.3, -0.25) is 4.79 Å². The van der Waals surface area contributed by atoms with Crippen molar-refractivity contribution >= 4 is 44.8 Å². The first-order valence-corrected chi connectivity index (χ1v) is 8.15. The molecule has 0 saturated carbocycles. The summed E-state index contributed by atoms with van der Waals surface area (Å²) in [6, 6.07) is 9.92. The average Bonchev–Trinajstić information content (AvgIpc) is 2.91. The van der Waals surface area contributed by atoms with Crippen LogP contribution in [0.1, 0.15) is 20.7 Å². The van der Waals surface area contributed by atoms with Gasteiger partial charge in [-0.1, -0.05) is 28.1 Å². The number of hydrogen-bond acceptors (Lipinski definition) is 3. The maximum Gasteiger partial charge on any atom is 0.181 e. The van der Waals surface area contributed by atoms with Gasteiger partial charge in [0.1, 0.15) is 4.83 Å². The molecule has 0 amide bonds. The Morgan fingerprint density at radius 1 is 1.29 bits per heavy atom. The Hall–Kier alpha value is -0.580. The number of thiophene rings is 1. The van der Waals surface area contributed by atoms with E-state index in [4.69, 9.17) is 0 Å². The van der Waals surface area contributed by atoms with Crippen LogP contribution in [-0.4, -0.2) is 12.0 Å². The molecule has 17 heavy (non-hydrogen) atoms. The molecule has 0 fully saturated rings. The lowest BCUT2D eigenvalue weighted by Crippen LogP contribution is -2.05. The summed E-state index contributed by atoms with van der Waals surface area (Å²) in [5, 5.41) is 3.80. The molecular formula is C13H11BrOS2. The van der Waals surface area contributed by atoms with E-state index in [-0.39, 0.29) is 10.6 Å². The average molecular weight is 327 g/mol. The smallest absolute Gasteiger partial charge is 0.181 e. The largest absolute Gasteiger partial charge is 0.292 e. The second-order valence-corrected chi connectivity index (χ2v) is 6.09. The normalized spacial score (nSPS) is 12.4. The van der Waals surface area contributed by atoms with Crippen LogP contribution < -0.4 is 0 Å². The van der Waals surface area contributed by atoms with Gasteiger partial charge in [0.2, 0.25) is 0 Å². The van der Waals surface area contributed by atoms with Crippen molar-refractivity contribution in [3.05, 3.63) is 52.2 Å². The van der Waals surface area contributed by atoms with Crippen LogP contribution in [0.25, 0.3) is 0 Å². The molecule has 2 rings (SSSR count). The summed E-state index contributed by atoms with van der Waals surface area (Å²) >= 11 is 6.71. The summed E-state index contributed by atoms with van der Waals surface area (Å²) in [5.41, 5.74) is 1.77. The summed E-state index contributed by atoms with van der Waals surface area (Å²) in [4.78, 5) is 13.1. The molecule has 1 nitrogen and oxygen atoms in total. The molecule has 1 aromatic heterocycles. The van der Waals surface area contributed by atoms with E-state index in [9.17, 15) is 4.79 Å². The Kier molecular flexibility index (Phi) is 4.42. The van der Waals surface area contributed by atoms with Crippen molar-refractivity contribution in [3.8, 4) is 0 Å². The van der Waals surface area contributed by atoms with E-state index in [1.165, 1.54) is 4.90 Å². The fourth-order valence-corrected chi connectivity index (χ4v) is 3.10. The van der Waals surface area contributed by atoms with E-state index in [0.717, 1.165) is 11.1 Å². The molecule has 1 atom stereocenters. The predicted molar refractivity (Wildman–Crippen MR) is 78.5 cm³/mol. The van der Waals surface area contributed by atoms with Crippen LogP contribution in [0.3, 0.4) is 0 Å². The molecular weight excluding hydrogens is 316 g/mol. The molecule has 0 bridgehead atoms. The number of carbonyl (C=O) groups excluding carboxylic acids is 1. The van der Waals surface area contributed by atoms with Crippen molar-refractivity contribution in [2.24, 2.45) is 0 Å². The Morgan fingerprint density at radius 2 is 2.00 bits per heavy atom. The van der Waals surface area contributed by atoms with Crippen LogP contribution in [0.15, 0.2) is 46.0 Å². The maximum absolute atomic E-state index is 12.1. The Balaban J connectivity index is 2.19. The van der Waals surface area contributed by atoms with Crippen LogP contribution in [0.4, 0.5) is 0 Å². The van der Waals surface area contributed by atoms with E-state index < -0.39 is 0 Å². The molecule has 1 aromatic carbocycles. The van der Waals surface area contributed by atoms with Gasteiger partial charge in [0.05, 0.1) is 0 Å². The quantitative estimate of drug-likeness (QED) is 0.456. The third-order valence-electron chi connectivity index (χ3n) is 2.44. The van der Waals surface area contributed by atoms with Crippen LogP contribution in [0, 0.1) is 0 Å². The molecule has 4 heteroatoms. The van der Waals surface area contributed by atoms with Crippen molar-refractivity contribution in [1.82, 2.24) is 0 Å².